The van der Waals surface area contributed by atoms with E-state index in [1.54, 1.807) is 0 Å². The standard InChI is InChI=1S/C24H40O6S.Na/c1-15(4-9-22(25)26)19-7-8-20-18-6-5-16-14-17(30-31(27,28)29)10-12-23(16,2)21(18)11-13-24(19,20)3;/h15-21H,4-14H2,1-3H3,(H,25,26)(H,27,28,29);/q;+1/p-1/t15-,16-,17-,18+,19-,20+,21+,23+,24-;/m1./s1/i10D2,14D2;. The molecule has 4 saturated carbocycles. The minimum atomic E-state index is -5.26. The van der Waals surface area contributed by atoms with Crippen molar-refractivity contribution in [3.05, 3.63) is 0 Å². The monoisotopic (exact) mass is 482 g/mol. The minimum Gasteiger partial charge on any atom is -0.726 e. The third-order valence-corrected chi connectivity index (χ3v) is 10.1. The molecule has 0 spiro atoms. The molecule has 0 aliphatic heterocycles. The quantitative estimate of drug-likeness (QED) is 0.353. The largest absolute Gasteiger partial charge is 1.00 e. The van der Waals surface area contributed by atoms with Crippen molar-refractivity contribution in [2.24, 2.45) is 46.3 Å². The summed E-state index contributed by atoms with van der Waals surface area (Å²) in [5.41, 5.74) is -0.575. The number of hydrogen-bond donors (Lipinski definition) is 1. The van der Waals surface area contributed by atoms with E-state index in [9.17, 15) is 17.8 Å². The van der Waals surface area contributed by atoms with Gasteiger partial charge in [0.1, 0.15) is 0 Å². The smallest absolute Gasteiger partial charge is 0.726 e. The van der Waals surface area contributed by atoms with Gasteiger partial charge < -0.3 is 9.66 Å². The van der Waals surface area contributed by atoms with Crippen LogP contribution in [0, 0.1) is 46.3 Å². The van der Waals surface area contributed by atoms with Crippen LogP contribution >= 0.6 is 0 Å². The first kappa shape index (κ1) is 21.6. The Morgan fingerprint density at radius 1 is 1.16 bits per heavy atom. The van der Waals surface area contributed by atoms with Crippen molar-refractivity contribution in [2.45, 2.75) is 97.4 Å². The zero-order chi connectivity index (χ0) is 26.2. The van der Waals surface area contributed by atoms with E-state index in [2.05, 4.69) is 18.0 Å². The molecule has 4 fully saturated rings. The van der Waals surface area contributed by atoms with Crippen LogP contribution in [0.1, 0.15) is 96.8 Å². The molecule has 0 bridgehead atoms. The zero-order valence-electron chi connectivity index (χ0n) is 23.8. The van der Waals surface area contributed by atoms with E-state index in [0.29, 0.717) is 36.5 Å². The van der Waals surface area contributed by atoms with Crippen molar-refractivity contribution in [2.75, 3.05) is 0 Å². The molecule has 4 rings (SSSR count). The topological polar surface area (TPSA) is 104 Å². The maximum absolute atomic E-state index is 11.3. The van der Waals surface area contributed by atoms with Crippen LogP contribution in [0.2, 0.25) is 0 Å². The molecule has 4 aliphatic carbocycles. The van der Waals surface area contributed by atoms with E-state index in [-0.39, 0.29) is 53.7 Å². The van der Waals surface area contributed by atoms with E-state index in [1.807, 2.05) is 6.92 Å². The number of hydrogen-bond acceptors (Lipinski definition) is 5. The summed E-state index contributed by atoms with van der Waals surface area (Å²) in [6, 6.07) is 0. The van der Waals surface area contributed by atoms with Gasteiger partial charge in [-0.2, -0.15) is 0 Å². The van der Waals surface area contributed by atoms with Crippen LogP contribution in [0.15, 0.2) is 0 Å². The second-order valence-electron chi connectivity index (χ2n) is 11.1. The number of aliphatic carboxylic acids is 1. The second-order valence-corrected chi connectivity index (χ2v) is 12.1. The second kappa shape index (κ2) is 9.77. The average molecular weight is 483 g/mol. The number of carboxylic acid groups (broad SMARTS) is 1. The summed E-state index contributed by atoms with van der Waals surface area (Å²) in [6.07, 6.45) is -0.510. The third-order valence-electron chi connectivity index (χ3n) is 9.68. The van der Waals surface area contributed by atoms with Crippen LogP contribution in [-0.2, 0) is 19.4 Å². The van der Waals surface area contributed by atoms with Gasteiger partial charge in [-0.05, 0) is 110 Å². The molecule has 0 aromatic rings. The van der Waals surface area contributed by atoms with Crippen LogP contribution in [-0.4, -0.2) is 30.2 Å². The molecule has 178 valence electrons. The van der Waals surface area contributed by atoms with E-state index in [1.165, 1.54) is 0 Å². The first-order valence-corrected chi connectivity index (χ1v) is 13.1. The Balaban J connectivity index is 0.00000361. The van der Waals surface area contributed by atoms with Crippen molar-refractivity contribution in [3.63, 3.8) is 0 Å². The molecule has 4 aliphatic rings. The number of carboxylic acids is 1. The fraction of sp³-hybridized carbons (Fsp3) is 0.958. The Morgan fingerprint density at radius 2 is 1.84 bits per heavy atom. The molecule has 0 radical (unpaired) electrons. The van der Waals surface area contributed by atoms with Crippen LogP contribution in [0.5, 0.6) is 0 Å². The summed E-state index contributed by atoms with van der Waals surface area (Å²) in [5.74, 6) is 0.282. The van der Waals surface area contributed by atoms with Gasteiger partial charge in [0.25, 0.3) is 0 Å². The molecule has 9 atom stereocenters. The summed E-state index contributed by atoms with van der Waals surface area (Å²) in [4.78, 5) is 11.1. The van der Waals surface area contributed by atoms with Gasteiger partial charge in [-0.15, -0.1) is 0 Å². The predicted octanol–water partition coefficient (Wildman–Crippen LogP) is 2.00. The summed E-state index contributed by atoms with van der Waals surface area (Å²) in [6.45, 7) is 6.48. The summed E-state index contributed by atoms with van der Waals surface area (Å²) in [7, 11) is -5.26. The molecule has 0 aromatic heterocycles. The first-order valence-electron chi connectivity index (χ1n) is 13.8. The number of carbonyl (C=O) groups is 1. The van der Waals surface area contributed by atoms with Gasteiger partial charge in [-0.25, -0.2) is 8.42 Å². The van der Waals surface area contributed by atoms with Crippen LogP contribution in [0.4, 0.5) is 0 Å². The molecule has 0 amide bonds. The minimum absolute atomic E-state index is 0. The molecule has 0 aromatic carbocycles. The van der Waals surface area contributed by atoms with Gasteiger partial charge in [-0.3, -0.25) is 8.98 Å². The van der Waals surface area contributed by atoms with E-state index >= 15 is 0 Å². The van der Waals surface area contributed by atoms with Crippen molar-refractivity contribution in [1.82, 2.24) is 0 Å². The van der Waals surface area contributed by atoms with Crippen LogP contribution in [0.25, 0.3) is 0 Å². The average Bonchev–Trinajstić information content (AvgIpc) is 3.05. The molecule has 0 saturated heterocycles. The Morgan fingerprint density at radius 3 is 2.50 bits per heavy atom. The predicted molar refractivity (Wildman–Crippen MR) is 116 cm³/mol. The van der Waals surface area contributed by atoms with Crippen molar-refractivity contribution in [1.29, 1.82) is 0 Å². The maximum atomic E-state index is 11.3. The molecular weight excluding hydrogens is 439 g/mol. The van der Waals surface area contributed by atoms with Gasteiger partial charge in [0, 0.05) is 11.9 Å². The fourth-order valence-electron chi connectivity index (χ4n) is 8.25. The molecule has 6 nitrogen and oxygen atoms in total. The Bertz CT molecular complexity index is 964. The molecule has 0 heterocycles. The van der Waals surface area contributed by atoms with E-state index < -0.39 is 46.6 Å². The summed E-state index contributed by atoms with van der Waals surface area (Å²) < 4.78 is 73.2. The van der Waals surface area contributed by atoms with Gasteiger partial charge in [-0.1, -0.05) is 20.8 Å². The van der Waals surface area contributed by atoms with Crippen molar-refractivity contribution < 1.29 is 62.1 Å². The van der Waals surface area contributed by atoms with Crippen molar-refractivity contribution >= 4 is 16.4 Å². The van der Waals surface area contributed by atoms with Crippen LogP contribution in [0.3, 0.4) is 0 Å². The molecule has 0 unspecified atom stereocenters. The molecule has 32 heavy (non-hydrogen) atoms. The molecule has 8 heteroatoms. The van der Waals surface area contributed by atoms with E-state index in [0.717, 1.165) is 32.1 Å². The van der Waals surface area contributed by atoms with Gasteiger partial charge in [0.2, 0.25) is 10.4 Å². The SMILES string of the molecule is [2H]C1([2H])C[C@@]2(C)[C@H](CC[C@@H]3[C@@H]2CC[C@]2(C)[C@@H]([C@H](C)CCC(=O)O)CC[C@@H]32)C([2H])([2H])[C@@H]1OS(=O)(=O)[O-].[Na+]. The fourth-order valence-corrected chi connectivity index (χ4v) is 8.60. The Kier molecular flexibility index (Phi) is 6.60. The van der Waals surface area contributed by atoms with Gasteiger partial charge in [0.15, 0.2) is 0 Å². The summed E-state index contributed by atoms with van der Waals surface area (Å²) in [5, 5.41) is 9.14. The molecule has 1 N–H and O–H groups in total. The third kappa shape index (κ3) is 4.99. The first-order chi connectivity index (χ1) is 15.9. The van der Waals surface area contributed by atoms with Crippen molar-refractivity contribution in [3.8, 4) is 0 Å². The summed E-state index contributed by atoms with van der Waals surface area (Å²) >= 11 is 0. The number of fused-ring (bicyclic) bond motifs is 5. The maximum Gasteiger partial charge on any atom is 1.00 e. The molecular formula is C24H39NaO6S. The Hall–Kier alpha value is 0.340. The Labute approximate surface area is 221 Å². The van der Waals surface area contributed by atoms with Gasteiger partial charge in [0.05, 0.1) is 6.10 Å². The van der Waals surface area contributed by atoms with E-state index in [4.69, 9.17) is 10.6 Å². The normalized spacial score (nSPS) is 49.5. The zero-order valence-corrected chi connectivity index (χ0v) is 22.6. The van der Waals surface area contributed by atoms with Gasteiger partial charge >= 0.3 is 35.5 Å². The number of rotatable bonds is 6. The van der Waals surface area contributed by atoms with Crippen LogP contribution < -0.4 is 29.6 Å².